The molecule has 55 heavy (non-hydrogen) atoms. The SMILES string of the molecule is [C-]#[N+]c1ccc2c(c1)c1ccc3c(c4ccccc4n3-c3ccccc3)c1n2-c1cccc(-c2cccc(-n3c4ccccc4c4cc(C#N)ccc43)c2)c1. The molecule has 0 spiro atoms. The molecule has 0 saturated carbocycles. The molecule has 3 heterocycles. The number of fused-ring (bicyclic) bond motifs is 10. The summed E-state index contributed by atoms with van der Waals surface area (Å²) in [5, 5.41) is 16.4. The number of benzene rings is 8. The zero-order valence-electron chi connectivity index (χ0n) is 29.5. The van der Waals surface area contributed by atoms with Crippen LogP contribution in [0.25, 0.3) is 98.5 Å². The Labute approximate surface area is 316 Å². The molecule has 0 aliphatic carbocycles. The molecule has 0 radical (unpaired) electrons. The van der Waals surface area contributed by atoms with E-state index in [1.165, 1.54) is 10.8 Å². The second-order valence-electron chi connectivity index (χ2n) is 14.0. The Bertz CT molecular complexity index is 3450. The highest BCUT2D eigenvalue weighted by molar-refractivity contribution is 6.26. The number of nitrogens with zero attached hydrogens (tertiary/aromatic N) is 5. The van der Waals surface area contributed by atoms with Gasteiger partial charge < -0.3 is 13.7 Å². The van der Waals surface area contributed by atoms with Crippen LogP contribution >= 0.6 is 0 Å². The molecule has 11 aromatic rings. The Hall–Kier alpha value is -7.86. The van der Waals surface area contributed by atoms with E-state index in [0.717, 1.165) is 82.8 Å². The maximum absolute atomic E-state index is 9.66. The lowest BCUT2D eigenvalue weighted by Gasteiger charge is -2.13. The third kappa shape index (κ3) is 4.51. The van der Waals surface area contributed by atoms with Crippen LogP contribution in [0.15, 0.2) is 176 Å². The lowest BCUT2D eigenvalue weighted by molar-refractivity contribution is 1.17. The van der Waals surface area contributed by atoms with Crippen LogP contribution in [0.3, 0.4) is 0 Å². The number of aromatic nitrogens is 3. The second kappa shape index (κ2) is 11.8. The van der Waals surface area contributed by atoms with E-state index in [0.29, 0.717) is 11.3 Å². The highest BCUT2D eigenvalue weighted by atomic mass is 15.0. The Morgan fingerprint density at radius 1 is 0.418 bits per heavy atom. The lowest BCUT2D eigenvalue weighted by Crippen LogP contribution is -1.96. The van der Waals surface area contributed by atoms with Gasteiger partial charge in [0, 0.05) is 44.0 Å². The molecule has 0 N–H and O–H groups in total. The summed E-state index contributed by atoms with van der Waals surface area (Å²) in [5.41, 5.74) is 13.3. The van der Waals surface area contributed by atoms with Gasteiger partial charge in [-0.05, 0) is 101 Å². The van der Waals surface area contributed by atoms with Gasteiger partial charge in [0.05, 0.1) is 51.3 Å². The standard InChI is InChI=1S/C50H29N5/c1-52-35-22-25-47-43(30-35)40-23-26-48-49(41-18-6-8-20-45(41)53(48)36-13-3-2-4-14-36)50(40)55(47)38-16-10-12-34(29-38)33-11-9-15-37(28-33)54-44-19-7-5-17-39(44)42-27-32(31-51)21-24-46(42)54/h2-30H. The minimum atomic E-state index is 0.623. The molecule has 8 aromatic carbocycles. The van der Waals surface area contributed by atoms with Crippen LogP contribution in [0, 0.1) is 17.9 Å². The summed E-state index contributed by atoms with van der Waals surface area (Å²) in [7, 11) is 0. The molecule has 0 amide bonds. The predicted molar refractivity (Wildman–Crippen MR) is 226 cm³/mol. The third-order valence-electron chi connectivity index (χ3n) is 11.0. The molecule has 0 atom stereocenters. The zero-order valence-corrected chi connectivity index (χ0v) is 29.5. The van der Waals surface area contributed by atoms with Crippen LogP contribution in [0.1, 0.15) is 5.56 Å². The topological polar surface area (TPSA) is 42.9 Å². The first-order valence-corrected chi connectivity index (χ1v) is 18.3. The first kappa shape index (κ1) is 30.7. The summed E-state index contributed by atoms with van der Waals surface area (Å²) in [5.74, 6) is 0. The second-order valence-corrected chi connectivity index (χ2v) is 14.0. The van der Waals surface area contributed by atoms with Crippen molar-refractivity contribution in [2.24, 2.45) is 0 Å². The van der Waals surface area contributed by atoms with Gasteiger partial charge in [-0.25, -0.2) is 4.85 Å². The van der Waals surface area contributed by atoms with Gasteiger partial charge >= 0.3 is 0 Å². The van der Waals surface area contributed by atoms with Gasteiger partial charge in [-0.3, -0.25) is 0 Å². The van der Waals surface area contributed by atoms with Gasteiger partial charge in [-0.15, -0.1) is 0 Å². The molecule has 254 valence electrons. The van der Waals surface area contributed by atoms with Crippen LogP contribution in [0.5, 0.6) is 0 Å². The third-order valence-corrected chi connectivity index (χ3v) is 11.0. The van der Waals surface area contributed by atoms with Crippen molar-refractivity contribution in [1.29, 1.82) is 5.26 Å². The highest BCUT2D eigenvalue weighted by Crippen LogP contribution is 2.43. The van der Waals surface area contributed by atoms with Gasteiger partial charge in [-0.2, -0.15) is 5.26 Å². The first-order chi connectivity index (χ1) is 27.2. The fraction of sp³-hybridized carbons (Fsp3) is 0. The molecular formula is C50H29N5. The molecule has 0 fully saturated rings. The highest BCUT2D eigenvalue weighted by Gasteiger charge is 2.21. The van der Waals surface area contributed by atoms with Crippen molar-refractivity contribution >= 4 is 71.1 Å². The predicted octanol–water partition coefficient (Wildman–Crippen LogP) is 13.1. The molecule has 0 unspecified atom stereocenters. The van der Waals surface area contributed by atoms with Gasteiger partial charge in [0.2, 0.25) is 0 Å². The van der Waals surface area contributed by atoms with Crippen LogP contribution < -0.4 is 0 Å². The van der Waals surface area contributed by atoms with Gasteiger partial charge in [0.15, 0.2) is 5.69 Å². The van der Waals surface area contributed by atoms with Crippen molar-refractivity contribution in [2.75, 3.05) is 0 Å². The summed E-state index contributed by atoms with van der Waals surface area (Å²) in [4.78, 5) is 3.82. The van der Waals surface area contributed by atoms with Gasteiger partial charge in [0.25, 0.3) is 0 Å². The summed E-state index contributed by atoms with van der Waals surface area (Å²) < 4.78 is 7.03. The fourth-order valence-electron chi connectivity index (χ4n) is 8.71. The van der Waals surface area contributed by atoms with E-state index in [1.807, 2.05) is 24.3 Å². The van der Waals surface area contributed by atoms with Crippen LogP contribution in [-0.4, -0.2) is 13.7 Å². The smallest absolute Gasteiger partial charge is 0.188 e. The van der Waals surface area contributed by atoms with Crippen molar-refractivity contribution < 1.29 is 0 Å². The largest absolute Gasteiger partial charge is 0.309 e. The minimum absolute atomic E-state index is 0.623. The summed E-state index contributed by atoms with van der Waals surface area (Å²) >= 11 is 0. The van der Waals surface area contributed by atoms with Crippen LogP contribution in [0.2, 0.25) is 0 Å². The normalized spacial score (nSPS) is 11.6. The van der Waals surface area contributed by atoms with E-state index in [4.69, 9.17) is 6.57 Å². The number of nitriles is 1. The quantitative estimate of drug-likeness (QED) is 0.169. The summed E-state index contributed by atoms with van der Waals surface area (Å²) in [6, 6.07) is 63.8. The van der Waals surface area contributed by atoms with E-state index in [9.17, 15) is 5.26 Å². The number of hydrogen-bond donors (Lipinski definition) is 0. The molecule has 0 bridgehead atoms. The van der Waals surface area contributed by atoms with E-state index >= 15 is 0 Å². The number of para-hydroxylation sites is 3. The van der Waals surface area contributed by atoms with E-state index < -0.39 is 0 Å². The van der Waals surface area contributed by atoms with Crippen molar-refractivity contribution in [3.63, 3.8) is 0 Å². The van der Waals surface area contributed by atoms with Crippen molar-refractivity contribution in [2.45, 2.75) is 0 Å². The molecule has 11 rings (SSSR count). The Balaban J connectivity index is 1.16. The Kier molecular flexibility index (Phi) is 6.61. The summed E-state index contributed by atoms with van der Waals surface area (Å²) in [6.45, 7) is 7.84. The van der Waals surface area contributed by atoms with Crippen molar-refractivity contribution in [3.8, 4) is 34.3 Å². The van der Waals surface area contributed by atoms with Gasteiger partial charge in [0.1, 0.15) is 0 Å². The number of hydrogen-bond acceptors (Lipinski definition) is 1. The van der Waals surface area contributed by atoms with Crippen molar-refractivity contribution in [3.05, 3.63) is 193 Å². The fourth-order valence-corrected chi connectivity index (χ4v) is 8.71. The molecule has 5 nitrogen and oxygen atoms in total. The Morgan fingerprint density at radius 3 is 1.73 bits per heavy atom. The minimum Gasteiger partial charge on any atom is -0.309 e. The molecule has 0 saturated heterocycles. The van der Waals surface area contributed by atoms with Crippen LogP contribution in [0.4, 0.5) is 5.69 Å². The van der Waals surface area contributed by atoms with E-state index in [1.54, 1.807) is 0 Å². The molecule has 3 aromatic heterocycles. The monoisotopic (exact) mass is 699 g/mol. The molecular weight excluding hydrogens is 671 g/mol. The Morgan fingerprint density at radius 2 is 0.982 bits per heavy atom. The average Bonchev–Trinajstić information content (AvgIpc) is 3.89. The van der Waals surface area contributed by atoms with E-state index in [-0.39, 0.29) is 0 Å². The van der Waals surface area contributed by atoms with E-state index in [2.05, 4.69) is 176 Å². The number of rotatable bonds is 4. The zero-order chi connectivity index (χ0) is 36.6. The molecule has 0 aliphatic heterocycles. The molecule has 0 aliphatic rings. The van der Waals surface area contributed by atoms with Crippen molar-refractivity contribution in [1.82, 2.24) is 13.7 Å². The van der Waals surface area contributed by atoms with Gasteiger partial charge in [-0.1, -0.05) is 91.0 Å². The molecule has 5 heteroatoms. The average molecular weight is 700 g/mol. The lowest BCUT2D eigenvalue weighted by atomic mass is 10.0. The maximum atomic E-state index is 9.66. The first-order valence-electron chi connectivity index (χ1n) is 18.3. The van der Waals surface area contributed by atoms with Crippen LogP contribution in [-0.2, 0) is 0 Å². The summed E-state index contributed by atoms with van der Waals surface area (Å²) in [6.07, 6.45) is 0. The maximum Gasteiger partial charge on any atom is 0.188 e.